The van der Waals surface area contributed by atoms with Gasteiger partial charge in [0.2, 0.25) is 0 Å². The minimum absolute atomic E-state index is 0.209. The third kappa shape index (κ3) is 8.26. The van der Waals surface area contributed by atoms with Gasteiger partial charge >= 0.3 is 36.1 Å². The summed E-state index contributed by atoms with van der Waals surface area (Å²) >= 11 is 0. The van der Waals surface area contributed by atoms with Crippen molar-refractivity contribution in [3.63, 3.8) is 0 Å². The third-order valence-electron chi connectivity index (χ3n) is 8.41. The molecule has 260 valence electrons. The van der Waals surface area contributed by atoms with E-state index in [1.165, 1.54) is 20.3 Å². The first kappa shape index (κ1) is 36.2. The standard InChI is InChI=1S/C35H38N2O12/c1-5-25-21-35(25,29(39)45-4)31(41)47-17-19-49-33(43)37-27-12-8-24(9-13-27)20-23-6-10-26(11-7-23)36-32(42)48-18-16-46-30(40)34(28(38)44-3)15-14-22(34)2/h5-13,25H,1-2,14-21H2,3-4H3,(H,36,42)(H,37,43). The number of esters is 4. The van der Waals surface area contributed by atoms with Crippen LogP contribution in [-0.4, -0.2) is 76.7 Å². The van der Waals surface area contributed by atoms with Gasteiger partial charge < -0.3 is 28.4 Å². The molecule has 2 aromatic carbocycles. The normalized spacial score (nSPS) is 20.4. The molecule has 2 aliphatic carbocycles. The summed E-state index contributed by atoms with van der Waals surface area (Å²) in [5.41, 5.74) is 0.466. The number of benzene rings is 2. The molecule has 0 radical (unpaired) electrons. The zero-order chi connectivity index (χ0) is 35.6. The lowest BCUT2D eigenvalue weighted by atomic mass is 9.65. The van der Waals surface area contributed by atoms with Crippen LogP contribution in [0, 0.1) is 16.7 Å². The molecule has 2 N–H and O–H groups in total. The highest BCUT2D eigenvalue weighted by Gasteiger charge is 2.67. The fourth-order valence-electron chi connectivity index (χ4n) is 5.35. The molecule has 2 amide bonds. The Labute approximate surface area is 282 Å². The van der Waals surface area contributed by atoms with Crippen LogP contribution < -0.4 is 10.6 Å². The number of amides is 2. The lowest BCUT2D eigenvalue weighted by molar-refractivity contribution is -0.172. The lowest BCUT2D eigenvalue weighted by Crippen LogP contribution is -2.49. The Morgan fingerprint density at radius 1 is 0.714 bits per heavy atom. The van der Waals surface area contributed by atoms with Crippen molar-refractivity contribution in [1.29, 1.82) is 0 Å². The fourth-order valence-corrected chi connectivity index (χ4v) is 5.35. The van der Waals surface area contributed by atoms with Crippen molar-refractivity contribution >= 4 is 47.4 Å². The molecular formula is C35H38N2O12. The highest BCUT2D eigenvalue weighted by Crippen LogP contribution is 2.55. The average Bonchev–Trinajstić information content (AvgIpc) is 3.85. The van der Waals surface area contributed by atoms with Crippen LogP contribution in [0.3, 0.4) is 0 Å². The third-order valence-corrected chi connectivity index (χ3v) is 8.41. The van der Waals surface area contributed by atoms with Gasteiger partial charge in [-0.3, -0.25) is 29.8 Å². The molecule has 3 atom stereocenters. The van der Waals surface area contributed by atoms with Crippen LogP contribution in [0.5, 0.6) is 0 Å². The van der Waals surface area contributed by atoms with Crippen LogP contribution in [0.2, 0.25) is 0 Å². The molecule has 0 bridgehead atoms. The molecule has 4 rings (SSSR count). The van der Waals surface area contributed by atoms with E-state index in [9.17, 15) is 28.8 Å². The minimum atomic E-state index is -1.49. The number of carbonyl (C=O) groups is 6. The van der Waals surface area contributed by atoms with Crippen molar-refractivity contribution in [2.75, 3.05) is 51.3 Å². The Hall–Kier alpha value is -5.66. The summed E-state index contributed by atoms with van der Waals surface area (Å²) in [6.07, 6.45) is 1.65. The Morgan fingerprint density at radius 2 is 1.18 bits per heavy atom. The number of carbonyl (C=O) groups excluding carboxylic acids is 6. The van der Waals surface area contributed by atoms with Crippen molar-refractivity contribution in [1.82, 2.24) is 0 Å². The van der Waals surface area contributed by atoms with E-state index in [1.807, 2.05) is 24.3 Å². The number of rotatable bonds is 15. The first-order valence-electron chi connectivity index (χ1n) is 15.4. The molecule has 0 saturated heterocycles. The molecule has 2 fully saturated rings. The van der Waals surface area contributed by atoms with Gasteiger partial charge in [-0.05, 0) is 66.6 Å². The molecule has 14 heteroatoms. The second-order valence-corrected chi connectivity index (χ2v) is 11.4. The summed E-state index contributed by atoms with van der Waals surface area (Å²) in [5, 5.41) is 5.18. The summed E-state index contributed by atoms with van der Waals surface area (Å²) in [6, 6.07) is 14.2. The number of methoxy groups -OCH3 is 2. The highest BCUT2D eigenvalue weighted by atomic mass is 16.6. The fraction of sp³-hybridized carbons (Fsp3) is 0.371. The van der Waals surface area contributed by atoms with E-state index in [4.69, 9.17) is 28.4 Å². The van der Waals surface area contributed by atoms with Gasteiger partial charge in [0.25, 0.3) is 0 Å². The predicted molar refractivity (Wildman–Crippen MR) is 173 cm³/mol. The zero-order valence-electron chi connectivity index (χ0n) is 27.2. The molecule has 2 aliphatic rings. The van der Waals surface area contributed by atoms with Gasteiger partial charge in [-0.2, -0.15) is 0 Å². The summed E-state index contributed by atoms with van der Waals surface area (Å²) in [7, 11) is 2.38. The molecule has 14 nitrogen and oxygen atoms in total. The number of allylic oxidation sites excluding steroid dienone is 1. The van der Waals surface area contributed by atoms with Crippen molar-refractivity contribution < 1.29 is 57.2 Å². The van der Waals surface area contributed by atoms with Crippen molar-refractivity contribution in [3.05, 3.63) is 84.5 Å². The van der Waals surface area contributed by atoms with E-state index >= 15 is 0 Å². The molecule has 0 aliphatic heterocycles. The zero-order valence-corrected chi connectivity index (χ0v) is 27.2. The van der Waals surface area contributed by atoms with E-state index in [2.05, 4.69) is 23.8 Å². The number of ether oxygens (including phenoxy) is 6. The molecule has 49 heavy (non-hydrogen) atoms. The van der Waals surface area contributed by atoms with E-state index in [0.717, 1.165) is 11.1 Å². The second kappa shape index (κ2) is 16.0. The number of hydrogen-bond donors (Lipinski definition) is 2. The monoisotopic (exact) mass is 678 g/mol. The SMILES string of the molecule is C=CC1CC1(C(=O)OC)C(=O)OCCOC(=O)Nc1ccc(Cc2ccc(NC(=O)OCCOC(=O)C3(C(=O)OC)CCC3=C)cc2)cc1. The second-order valence-electron chi connectivity index (χ2n) is 11.4. The quantitative estimate of drug-likeness (QED) is 0.0896. The van der Waals surface area contributed by atoms with Crippen LogP contribution in [0.15, 0.2) is 73.3 Å². The largest absolute Gasteiger partial charge is 0.468 e. The molecule has 0 heterocycles. The average molecular weight is 679 g/mol. The number of anilines is 2. The maximum absolute atomic E-state index is 12.5. The molecule has 0 spiro atoms. The van der Waals surface area contributed by atoms with E-state index in [1.54, 1.807) is 24.3 Å². The van der Waals surface area contributed by atoms with Crippen LogP contribution in [0.25, 0.3) is 0 Å². The molecule has 2 saturated carbocycles. The van der Waals surface area contributed by atoms with E-state index in [-0.39, 0.29) is 45.2 Å². The van der Waals surface area contributed by atoms with Gasteiger partial charge in [0.15, 0.2) is 10.8 Å². The van der Waals surface area contributed by atoms with E-state index in [0.29, 0.717) is 29.8 Å². The topological polar surface area (TPSA) is 182 Å². The molecule has 3 unspecified atom stereocenters. The minimum Gasteiger partial charge on any atom is -0.468 e. The first-order valence-corrected chi connectivity index (χ1v) is 15.4. The van der Waals surface area contributed by atoms with Gasteiger partial charge in [0.05, 0.1) is 14.2 Å². The Bertz CT molecular complexity index is 1600. The molecule has 2 aromatic rings. The Kier molecular flexibility index (Phi) is 11.8. The molecular weight excluding hydrogens is 640 g/mol. The maximum Gasteiger partial charge on any atom is 0.411 e. The predicted octanol–water partition coefficient (Wildman–Crippen LogP) is 4.34. The Balaban J connectivity index is 1.12. The summed E-state index contributed by atoms with van der Waals surface area (Å²) in [4.78, 5) is 73.3. The van der Waals surface area contributed by atoms with Crippen LogP contribution in [0.4, 0.5) is 21.0 Å². The van der Waals surface area contributed by atoms with Crippen molar-refractivity contribution in [3.8, 4) is 0 Å². The van der Waals surface area contributed by atoms with Gasteiger partial charge in [0, 0.05) is 17.3 Å². The van der Waals surface area contributed by atoms with Gasteiger partial charge in [-0.15, -0.1) is 6.58 Å². The smallest absolute Gasteiger partial charge is 0.411 e. The van der Waals surface area contributed by atoms with Gasteiger partial charge in [-0.1, -0.05) is 36.9 Å². The number of nitrogens with one attached hydrogen (secondary N) is 2. The highest BCUT2D eigenvalue weighted by molar-refractivity contribution is 6.05. The lowest BCUT2D eigenvalue weighted by Gasteiger charge is -2.38. The van der Waals surface area contributed by atoms with Crippen LogP contribution in [0.1, 0.15) is 30.4 Å². The van der Waals surface area contributed by atoms with Crippen LogP contribution >= 0.6 is 0 Å². The molecule has 0 aromatic heterocycles. The first-order chi connectivity index (χ1) is 23.5. The van der Waals surface area contributed by atoms with Gasteiger partial charge in [-0.25, -0.2) is 9.59 Å². The number of hydrogen-bond acceptors (Lipinski definition) is 12. The van der Waals surface area contributed by atoms with Crippen molar-refractivity contribution in [2.24, 2.45) is 16.7 Å². The summed E-state index contributed by atoms with van der Waals surface area (Å²) in [5.74, 6) is -3.26. The van der Waals surface area contributed by atoms with Crippen LogP contribution in [-0.2, 0) is 54.0 Å². The summed E-state index contributed by atoms with van der Waals surface area (Å²) in [6.45, 7) is 6.47. The Morgan fingerprint density at radius 3 is 1.57 bits per heavy atom. The van der Waals surface area contributed by atoms with Gasteiger partial charge in [0.1, 0.15) is 26.4 Å². The summed E-state index contributed by atoms with van der Waals surface area (Å²) < 4.78 is 29.8. The maximum atomic E-state index is 12.5. The van der Waals surface area contributed by atoms with E-state index < -0.39 is 46.9 Å². The van der Waals surface area contributed by atoms with Crippen molar-refractivity contribution in [2.45, 2.75) is 25.7 Å².